The first kappa shape index (κ1) is 20.0. The molecule has 158 valence electrons. The van der Waals surface area contributed by atoms with Crippen molar-refractivity contribution in [2.75, 3.05) is 5.32 Å². The second-order valence-electron chi connectivity index (χ2n) is 8.39. The highest BCUT2D eigenvalue weighted by Gasteiger charge is 2.45. The van der Waals surface area contributed by atoms with Gasteiger partial charge in [-0.05, 0) is 73.6 Å². The van der Waals surface area contributed by atoms with E-state index in [-0.39, 0.29) is 5.41 Å². The Bertz CT molecular complexity index is 1390. The van der Waals surface area contributed by atoms with E-state index in [1.54, 1.807) is 0 Å². The lowest BCUT2D eigenvalue weighted by Crippen LogP contribution is -2.28. The Kier molecular flexibility index (Phi) is 4.89. The number of anilines is 2. The number of rotatable bonds is 4. The Morgan fingerprint density at radius 1 is 0.485 bits per heavy atom. The van der Waals surface area contributed by atoms with Crippen LogP contribution in [0.5, 0.6) is 0 Å². The van der Waals surface area contributed by atoms with E-state index >= 15 is 0 Å². The van der Waals surface area contributed by atoms with Gasteiger partial charge in [0.05, 0.1) is 11.1 Å². The summed E-state index contributed by atoms with van der Waals surface area (Å²) in [5.74, 6) is 0. The molecule has 5 aromatic carbocycles. The predicted molar refractivity (Wildman–Crippen MR) is 141 cm³/mol. The molecule has 1 aliphatic rings. The quantitative estimate of drug-likeness (QED) is 0.262. The van der Waals surface area contributed by atoms with Crippen molar-refractivity contribution in [3.05, 3.63) is 154 Å². The maximum atomic E-state index is 3.63. The van der Waals surface area contributed by atoms with Crippen molar-refractivity contribution in [1.82, 2.24) is 0 Å². The average molecular weight is 488 g/mol. The van der Waals surface area contributed by atoms with Crippen molar-refractivity contribution >= 4 is 27.3 Å². The zero-order chi connectivity index (χ0) is 22.3. The van der Waals surface area contributed by atoms with Crippen LogP contribution < -0.4 is 5.32 Å². The first-order valence-corrected chi connectivity index (χ1v) is 11.9. The summed E-state index contributed by atoms with van der Waals surface area (Å²) in [7, 11) is 0. The van der Waals surface area contributed by atoms with E-state index in [2.05, 4.69) is 130 Å². The molecular formula is C31H22BrN. The molecule has 0 spiro atoms. The van der Waals surface area contributed by atoms with Crippen LogP contribution in [0, 0.1) is 0 Å². The molecule has 1 aliphatic carbocycles. The third-order valence-electron chi connectivity index (χ3n) is 6.63. The molecular weight excluding hydrogens is 466 g/mol. The molecule has 0 saturated carbocycles. The van der Waals surface area contributed by atoms with Gasteiger partial charge in [-0.1, -0.05) is 103 Å². The average Bonchev–Trinajstić information content (AvgIpc) is 3.18. The smallest absolute Gasteiger partial charge is 0.0713 e. The van der Waals surface area contributed by atoms with Crippen molar-refractivity contribution in [1.29, 1.82) is 0 Å². The molecule has 6 rings (SSSR count). The first-order chi connectivity index (χ1) is 16.3. The van der Waals surface area contributed by atoms with Crippen LogP contribution in [0.15, 0.2) is 132 Å². The molecule has 0 fully saturated rings. The molecule has 0 heterocycles. The number of nitrogens with one attached hydrogen (secondary N) is 1. The highest BCUT2D eigenvalue weighted by atomic mass is 79.9. The van der Waals surface area contributed by atoms with Gasteiger partial charge >= 0.3 is 0 Å². The molecule has 1 N–H and O–H groups in total. The lowest BCUT2D eigenvalue weighted by atomic mass is 9.68. The van der Waals surface area contributed by atoms with E-state index in [0.717, 1.165) is 15.8 Å². The molecule has 1 nitrogen and oxygen atoms in total. The molecule has 0 atom stereocenters. The molecule has 0 unspecified atom stereocenters. The van der Waals surface area contributed by atoms with Crippen LogP contribution in [0.2, 0.25) is 0 Å². The minimum absolute atomic E-state index is 0.347. The fourth-order valence-corrected chi connectivity index (χ4v) is 5.62. The Hall–Kier alpha value is -3.62. The van der Waals surface area contributed by atoms with E-state index in [9.17, 15) is 0 Å². The van der Waals surface area contributed by atoms with Crippen molar-refractivity contribution in [3.8, 4) is 11.1 Å². The van der Waals surface area contributed by atoms with Crippen LogP contribution in [0.4, 0.5) is 11.4 Å². The van der Waals surface area contributed by atoms with E-state index < -0.39 is 0 Å². The monoisotopic (exact) mass is 487 g/mol. The van der Waals surface area contributed by atoms with Gasteiger partial charge in [-0.15, -0.1) is 0 Å². The van der Waals surface area contributed by atoms with Crippen LogP contribution in [-0.2, 0) is 5.41 Å². The number of halogens is 1. The molecule has 0 aliphatic heterocycles. The van der Waals surface area contributed by atoms with Crippen LogP contribution in [0.3, 0.4) is 0 Å². The van der Waals surface area contributed by atoms with Gasteiger partial charge < -0.3 is 5.32 Å². The zero-order valence-corrected chi connectivity index (χ0v) is 19.6. The van der Waals surface area contributed by atoms with Crippen LogP contribution in [0.25, 0.3) is 11.1 Å². The summed E-state index contributed by atoms with van der Waals surface area (Å²) in [4.78, 5) is 0. The Morgan fingerprint density at radius 3 is 1.64 bits per heavy atom. The summed E-state index contributed by atoms with van der Waals surface area (Å²) in [6.07, 6.45) is 0. The van der Waals surface area contributed by atoms with Crippen molar-refractivity contribution in [3.63, 3.8) is 0 Å². The normalized spacial score (nSPS) is 13.2. The van der Waals surface area contributed by atoms with Gasteiger partial charge in [0.1, 0.15) is 0 Å². The number of fused-ring (bicyclic) bond motifs is 3. The minimum Gasteiger partial charge on any atom is -0.355 e. The molecule has 0 amide bonds. The van der Waals surface area contributed by atoms with Gasteiger partial charge in [-0.25, -0.2) is 0 Å². The minimum atomic E-state index is -0.347. The lowest BCUT2D eigenvalue weighted by molar-refractivity contribution is 0.768. The number of para-hydroxylation sites is 1. The van der Waals surface area contributed by atoms with Crippen molar-refractivity contribution in [2.24, 2.45) is 0 Å². The summed E-state index contributed by atoms with van der Waals surface area (Å²) in [5.41, 5.74) is 9.62. The first-order valence-electron chi connectivity index (χ1n) is 11.2. The summed E-state index contributed by atoms with van der Waals surface area (Å²) in [5, 5.41) is 3.53. The van der Waals surface area contributed by atoms with Gasteiger partial charge in [-0.3, -0.25) is 0 Å². The van der Waals surface area contributed by atoms with Gasteiger partial charge in [0.25, 0.3) is 0 Å². The summed E-state index contributed by atoms with van der Waals surface area (Å²) in [6, 6.07) is 45.7. The molecule has 5 aromatic rings. The third kappa shape index (κ3) is 3.13. The number of hydrogen-bond acceptors (Lipinski definition) is 1. The molecule has 0 radical (unpaired) electrons. The lowest BCUT2D eigenvalue weighted by Gasteiger charge is -2.34. The maximum absolute atomic E-state index is 3.63. The van der Waals surface area contributed by atoms with E-state index in [1.165, 1.54) is 33.4 Å². The third-order valence-corrected chi connectivity index (χ3v) is 7.32. The Morgan fingerprint density at radius 2 is 1.00 bits per heavy atom. The fourth-order valence-electron chi connectivity index (χ4n) is 5.23. The molecule has 33 heavy (non-hydrogen) atoms. The number of benzene rings is 5. The van der Waals surface area contributed by atoms with E-state index in [4.69, 9.17) is 0 Å². The molecule has 0 bridgehead atoms. The maximum Gasteiger partial charge on any atom is 0.0713 e. The molecule has 0 aromatic heterocycles. The second-order valence-corrected chi connectivity index (χ2v) is 9.24. The van der Waals surface area contributed by atoms with Gasteiger partial charge in [0, 0.05) is 10.2 Å². The van der Waals surface area contributed by atoms with Crippen molar-refractivity contribution < 1.29 is 0 Å². The van der Waals surface area contributed by atoms with Gasteiger partial charge in [0.2, 0.25) is 0 Å². The highest BCUT2D eigenvalue weighted by molar-refractivity contribution is 9.10. The van der Waals surface area contributed by atoms with E-state index in [0.29, 0.717) is 0 Å². The largest absolute Gasteiger partial charge is 0.355 e. The zero-order valence-electron chi connectivity index (χ0n) is 18.0. The highest BCUT2D eigenvalue weighted by Crippen LogP contribution is 2.55. The fraction of sp³-hybridized carbons (Fsp3) is 0.0323. The van der Waals surface area contributed by atoms with Gasteiger partial charge in [0.15, 0.2) is 0 Å². The predicted octanol–water partition coefficient (Wildman–Crippen LogP) is 8.56. The Labute approximate surface area is 202 Å². The SMILES string of the molecule is Brc1ccccc1Nc1ccc(C2(c3ccccc3)c3ccccc3-c3ccccc32)cc1. The standard InChI is InChI=1S/C31H22BrN/c32-29-16-8-9-17-30(29)33-24-20-18-23(19-21-24)31(22-10-2-1-3-11-22)27-14-6-4-12-25(27)26-13-5-7-15-28(26)31/h1-21,33H. The van der Waals surface area contributed by atoms with Crippen LogP contribution >= 0.6 is 15.9 Å². The molecule has 2 heteroatoms. The van der Waals surface area contributed by atoms with Crippen molar-refractivity contribution in [2.45, 2.75) is 5.41 Å². The summed E-state index contributed by atoms with van der Waals surface area (Å²) in [6.45, 7) is 0. The van der Waals surface area contributed by atoms with E-state index in [1.807, 2.05) is 18.2 Å². The summed E-state index contributed by atoms with van der Waals surface area (Å²) < 4.78 is 1.05. The van der Waals surface area contributed by atoms with Crippen LogP contribution in [0.1, 0.15) is 22.3 Å². The molecule has 0 saturated heterocycles. The van der Waals surface area contributed by atoms with Crippen LogP contribution in [-0.4, -0.2) is 0 Å². The second kappa shape index (κ2) is 8.06. The van der Waals surface area contributed by atoms with Gasteiger partial charge in [-0.2, -0.15) is 0 Å². The Balaban J connectivity index is 1.55. The topological polar surface area (TPSA) is 12.0 Å². The summed E-state index contributed by atoms with van der Waals surface area (Å²) >= 11 is 3.63. The number of hydrogen-bond donors (Lipinski definition) is 1.